The molecule has 5 nitrogen and oxygen atoms in total. The highest BCUT2D eigenvalue weighted by atomic mass is 19.3. The maximum absolute atomic E-state index is 12.7. The molecular formula is C11H13F2NO4. The number of nitrogens with zero attached hydrogens (tertiary/aromatic N) is 1. The van der Waals surface area contributed by atoms with Gasteiger partial charge in [-0.3, -0.25) is 0 Å². The van der Waals surface area contributed by atoms with E-state index in [1.165, 1.54) is 14.2 Å². The molecule has 1 heterocycles. The third-order valence-corrected chi connectivity index (χ3v) is 2.10. The van der Waals surface area contributed by atoms with Crippen molar-refractivity contribution in [1.82, 2.24) is 4.98 Å². The number of methoxy groups -OCH3 is 2. The Bertz CT molecular complexity index is 437. The van der Waals surface area contributed by atoms with Gasteiger partial charge in [-0.2, -0.15) is 0 Å². The molecule has 0 aromatic carbocycles. The molecule has 1 aromatic rings. The van der Waals surface area contributed by atoms with Crippen molar-refractivity contribution in [3.05, 3.63) is 17.3 Å². The van der Waals surface area contributed by atoms with E-state index in [1.54, 1.807) is 6.92 Å². The SMILES string of the molecule is CCOC(=O)c1nc(OC)c(C(F)F)cc1OC. The minimum atomic E-state index is -2.78. The zero-order valence-corrected chi connectivity index (χ0v) is 10.2. The van der Waals surface area contributed by atoms with E-state index < -0.39 is 18.0 Å². The lowest BCUT2D eigenvalue weighted by Crippen LogP contribution is -2.11. The summed E-state index contributed by atoms with van der Waals surface area (Å²) in [4.78, 5) is 15.3. The van der Waals surface area contributed by atoms with Crippen LogP contribution in [0.5, 0.6) is 11.6 Å². The molecule has 0 aliphatic heterocycles. The number of alkyl halides is 2. The minimum Gasteiger partial charge on any atom is -0.494 e. The van der Waals surface area contributed by atoms with Crippen LogP contribution in [0.1, 0.15) is 29.4 Å². The Morgan fingerprint density at radius 1 is 1.39 bits per heavy atom. The van der Waals surface area contributed by atoms with Crippen molar-refractivity contribution in [1.29, 1.82) is 0 Å². The molecule has 0 spiro atoms. The van der Waals surface area contributed by atoms with Gasteiger partial charge >= 0.3 is 5.97 Å². The van der Waals surface area contributed by atoms with Crippen molar-refractivity contribution in [2.75, 3.05) is 20.8 Å². The van der Waals surface area contributed by atoms with E-state index in [4.69, 9.17) is 14.2 Å². The third-order valence-electron chi connectivity index (χ3n) is 2.10. The number of rotatable bonds is 5. The molecule has 0 amide bonds. The van der Waals surface area contributed by atoms with Crippen LogP contribution in [-0.4, -0.2) is 31.8 Å². The van der Waals surface area contributed by atoms with Crippen LogP contribution < -0.4 is 9.47 Å². The molecule has 0 saturated carbocycles. The number of hydrogen-bond acceptors (Lipinski definition) is 5. The summed E-state index contributed by atoms with van der Waals surface area (Å²) in [5.74, 6) is -1.16. The van der Waals surface area contributed by atoms with Crippen LogP contribution in [0.2, 0.25) is 0 Å². The number of halogens is 2. The fraction of sp³-hybridized carbons (Fsp3) is 0.455. The fourth-order valence-corrected chi connectivity index (χ4v) is 1.31. The van der Waals surface area contributed by atoms with E-state index in [0.29, 0.717) is 0 Å². The zero-order chi connectivity index (χ0) is 13.7. The quantitative estimate of drug-likeness (QED) is 0.760. The van der Waals surface area contributed by atoms with E-state index in [0.717, 1.165) is 6.07 Å². The predicted molar refractivity (Wildman–Crippen MR) is 58.3 cm³/mol. The highest BCUT2D eigenvalue weighted by Gasteiger charge is 2.23. The van der Waals surface area contributed by atoms with E-state index >= 15 is 0 Å². The Labute approximate surface area is 103 Å². The summed E-state index contributed by atoms with van der Waals surface area (Å²) in [6.07, 6.45) is -2.78. The summed E-state index contributed by atoms with van der Waals surface area (Å²) >= 11 is 0. The molecule has 0 atom stereocenters. The van der Waals surface area contributed by atoms with E-state index in [2.05, 4.69) is 4.98 Å². The first-order chi connectivity index (χ1) is 8.54. The first-order valence-electron chi connectivity index (χ1n) is 5.13. The molecule has 1 aromatic heterocycles. The number of esters is 1. The standard InChI is InChI=1S/C11H13F2NO4/c1-4-18-11(15)8-7(16-2)5-6(9(12)13)10(14-8)17-3/h5,9H,4H2,1-3H3. The number of aromatic nitrogens is 1. The smallest absolute Gasteiger partial charge is 0.360 e. The molecule has 1 rings (SSSR count). The second-order valence-corrected chi connectivity index (χ2v) is 3.16. The first-order valence-corrected chi connectivity index (χ1v) is 5.13. The summed E-state index contributed by atoms with van der Waals surface area (Å²) in [5.41, 5.74) is -0.636. The number of ether oxygens (including phenoxy) is 3. The molecule has 0 aliphatic carbocycles. The van der Waals surface area contributed by atoms with E-state index in [1.807, 2.05) is 0 Å². The Kier molecular flexibility index (Phi) is 4.82. The van der Waals surface area contributed by atoms with Gasteiger partial charge in [-0.15, -0.1) is 0 Å². The molecule has 18 heavy (non-hydrogen) atoms. The monoisotopic (exact) mass is 261 g/mol. The van der Waals surface area contributed by atoms with Crippen molar-refractivity contribution in [2.24, 2.45) is 0 Å². The first kappa shape index (κ1) is 14.1. The molecule has 0 unspecified atom stereocenters. The summed E-state index contributed by atoms with van der Waals surface area (Å²) in [7, 11) is 2.44. The highest BCUT2D eigenvalue weighted by molar-refractivity contribution is 5.90. The van der Waals surface area contributed by atoms with Crippen molar-refractivity contribution < 1.29 is 27.8 Å². The lowest BCUT2D eigenvalue weighted by molar-refractivity contribution is 0.0513. The fourth-order valence-electron chi connectivity index (χ4n) is 1.31. The average molecular weight is 261 g/mol. The molecule has 0 saturated heterocycles. The van der Waals surface area contributed by atoms with Gasteiger partial charge < -0.3 is 14.2 Å². The van der Waals surface area contributed by atoms with Gasteiger partial charge in [0.05, 0.1) is 26.4 Å². The third kappa shape index (κ3) is 2.85. The molecule has 7 heteroatoms. The maximum Gasteiger partial charge on any atom is 0.360 e. The van der Waals surface area contributed by atoms with Gasteiger partial charge in [0.2, 0.25) is 5.88 Å². The van der Waals surface area contributed by atoms with Crippen molar-refractivity contribution in [3.8, 4) is 11.6 Å². The van der Waals surface area contributed by atoms with Crippen molar-refractivity contribution in [3.63, 3.8) is 0 Å². The number of carbonyl (C=O) groups excluding carboxylic acids is 1. The Balaban J connectivity index is 3.30. The molecule has 0 bridgehead atoms. The van der Waals surface area contributed by atoms with Crippen LogP contribution in [-0.2, 0) is 4.74 Å². The number of carbonyl (C=O) groups is 1. The van der Waals surface area contributed by atoms with Gasteiger partial charge in [-0.05, 0) is 13.0 Å². The normalized spacial score (nSPS) is 10.3. The van der Waals surface area contributed by atoms with Crippen LogP contribution >= 0.6 is 0 Å². The lowest BCUT2D eigenvalue weighted by atomic mass is 10.2. The van der Waals surface area contributed by atoms with Gasteiger partial charge in [0.1, 0.15) is 0 Å². The van der Waals surface area contributed by atoms with Crippen LogP contribution in [0.4, 0.5) is 8.78 Å². The Morgan fingerprint density at radius 3 is 2.50 bits per heavy atom. The van der Waals surface area contributed by atoms with Crippen LogP contribution in [0.25, 0.3) is 0 Å². The van der Waals surface area contributed by atoms with Gasteiger partial charge in [-0.1, -0.05) is 0 Å². The summed E-state index contributed by atoms with van der Waals surface area (Å²) in [6, 6.07) is 1.02. The van der Waals surface area contributed by atoms with Crippen LogP contribution in [0.15, 0.2) is 6.07 Å². The van der Waals surface area contributed by atoms with E-state index in [-0.39, 0.29) is 23.9 Å². The van der Waals surface area contributed by atoms with E-state index in [9.17, 15) is 13.6 Å². The molecule has 0 N–H and O–H groups in total. The molecule has 0 aliphatic rings. The topological polar surface area (TPSA) is 57.7 Å². The van der Waals surface area contributed by atoms with Crippen molar-refractivity contribution >= 4 is 5.97 Å². The Hall–Kier alpha value is -1.92. The van der Waals surface area contributed by atoms with Gasteiger partial charge in [-0.25, -0.2) is 18.6 Å². The van der Waals surface area contributed by atoms with Gasteiger partial charge in [0.15, 0.2) is 11.4 Å². The zero-order valence-electron chi connectivity index (χ0n) is 10.2. The average Bonchev–Trinajstić information content (AvgIpc) is 2.37. The second kappa shape index (κ2) is 6.13. The molecule has 0 radical (unpaired) electrons. The molecule has 0 fully saturated rings. The number of pyridine rings is 1. The molecule has 100 valence electrons. The predicted octanol–water partition coefficient (Wildman–Crippen LogP) is 2.21. The second-order valence-electron chi connectivity index (χ2n) is 3.16. The summed E-state index contributed by atoms with van der Waals surface area (Å²) in [6.45, 7) is 1.76. The van der Waals surface area contributed by atoms with Crippen molar-refractivity contribution in [2.45, 2.75) is 13.3 Å². The largest absolute Gasteiger partial charge is 0.494 e. The minimum absolute atomic E-state index is 0.0791. The van der Waals surface area contributed by atoms with Crippen LogP contribution in [0, 0.1) is 0 Å². The van der Waals surface area contributed by atoms with Crippen LogP contribution in [0.3, 0.4) is 0 Å². The van der Waals surface area contributed by atoms with Gasteiger partial charge in [0, 0.05) is 0 Å². The van der Waals surface area contributed by atoms with Gasteiger partial charge in [0.25, 0.3) is 6.43 Å². The summed E-state index contributed by atoms with van der Waals surface area (Å²) < 4.78 is 39.8. The maximum atomic E-state index is 12.7. The summed E-state index contributed by atoms with van der Waals surface area (Å²) in [5, 5.41) is 0. The lowest BCUT2D eigenvalue weighted by Gasteiger charge is -2.12. The molecular weight excluding hydrogens is 248 g/mol. The Morgan fingerprint density at radius 2 is 2.06 bits per heavy atom. The number of hydrogen-bond donors (Lipinski definition) is 0. The highest BCUT2D eigenvalue weighted by Crippen LogP contribution is 2.32.